The van der Waals surface area contributed by atoms with Gasteiger partial charge >= 0.3 is 6.03 Å². The Morgan fingerprint density at radius 2 is 2.07 bits per heavy atom. The number of carbonyl (C=O) groups is 2. The van der Waals surface area contributed by atoms with Crippen molar-refractivity contribution in [1.82, 2.24) is 20.9 Å². The van der Waals surface area contributed by atoms with E-state index in [0.717, 1.165) is 70.3 Å². The second-order valence-electron chi connectivity index (χ2n) is 8.35. The Bertz CT molecular complexity index is 509. The molecular formula is C20H40N6O2S. The first-order valence-corrected chi connectivity index (χ1v) is 12.1. The number of nitrogens with zero attached hydrogens (tertiary/aromatic N) is 1. The van der Waals surface area contributed by atoms with Crippen molar-refractivity contribution in [2.75, 3.05) is 39.0 Å². The lowest BCUT2D eigenvalue weighted by atomic mass is 10.0. The highest BCUT2D eigenvalue weighted by Crippen LogP contribution is 2.33. The minimum Gasteiger partial charge on any atom is -0.356 e. The van der Waals surface area contributed by atoms with Gasteiger partial charge in [0.15, 0.2) is 0 Å². The minimum atomic E-state index is -0.0373. The summed E-state index contributed by atoms with van der Waals surface area (Å²) in [6, 6.07) is 0.731. The number of urea groups is 1. The second kappa shape index (κ2) is 13.3. The van der Waals surface area contributed by atoms with Crippen molar-refractivity contribution >= 4 is 23.7 Å². The Hall–Kier alpha value is -1.03. The van der Waals surface area contributed by atoms with Gasteiger partial charge in [0, 0.05) is 30.0 Å². The van der Waals surface area contributed by atoms with Gasteiger partial charge in [-0.25, -0.2) is 4.79 Å². The van der Waals surface area contributed by atoms with Crippen LogP contribution in [0.1, 0.15) is 51.4 Å². The van der Waals surface area contributed by atoms with Gasteiger partial charge in [0.25, 0.3) is 0 Å². The lowest BCUT2D eigenvalue weighted by molar-refractivity contribution is -0.121. The minimum absolute atomic E-state index is 0.0373. The molecule has 0 spiro atoms. The average molecular weight is 429 g/mol. The number of unbranched alkanes of at least 4 members (excludes halogenated alkanes) is 1. The van der Waals surface area contributed by atoms with Gasteiger partial charge in [0.2, 0.25) is 5.91 Å². The van der Waals surface area contributed by atoms with Crippen LogP contribution in [0.15, 0.2) is 0 Å². The lowest BCUT2D eigenvalue weighted by Gasteiger charge is -2.19. The first-order valence-electron chi connectivity index (χ1n) is 11.1. The van der Waals surface area contributed by atoms with Crippen LogP contribution in [0, 0.1) is 0 Å². The third-order valence-corrected chi connectivity index (χ3v) is 7.29. The van der Waals surface area contributed by atoms with Gasteiger partial charge in [0.1, 0.15) is 0 Å². The standard InChI is InChI=1S/C20H40N6O2S/c1-26(13-9-15(22)6-4-10-21)12-5-11-23-18(27)8-3-2-7-17-19-16(14-29-17)24-20(28)25-19/h15-17,19H,2-14,21-22H2,1H3,(H,23,27)(H2,24,25,28)/t15?,16-,17-,19-/m0/s1. The summed E-state index contributed by atoms with van der Waals surface area (Å²) in [5.41, 5.74) is 11.6. The third kappa shape index (κ3) is 9.11. The largest absolute Gasteiger partial charge is 0.356 e. The Balaban J connectivity index is 1.42. The topological polar surface area (TPSA) is 126 Å². The summed E-state index contributed by atoms with van der Waals surface area (Å²) < 4.78 is 0. The average Bonchev–Trinajstić information content (AvgIpc) is 3.24. The van der Waals surface area contributed by atoms with Crippen molar-refractivity contribution in [3.05, 3.63) is 0 Å². The van der Waals surface area contributed by atoms with E-state index >= 15 is 0 Å². The number of hydrogen-bond donors (Lipinski definition) is 5. The molecule has 1 unspecified atom stereocenters. The molecule has 4 atom stereocenters. The molecule has 9 heteroatoms. The van der Waals surface area contributed by atoms with Crippen molar-refractivity contribution < 1.29 is 9.59 Å². The summed E-state index contributed by atoms with van der Waals surface area (Å²) in [6.45, 7) is 3.38. The zero-order valence-electron chi connectivity index (χ0n) is 17.8. The normalized spacial score (nSPS) is 24.3. The van der Waals surface area contributed by atoms with Crippen LogP contribution < -0.4 is 27.4 Å². The third-order valence-electron chi connectivity index (χ3n) is 5.78. The van der Waals surface area contributed by atoms with Gasteiger partial charge in [-0.1, -0.05) is 6.42 Å². The Kier molecular flexibility index (Phi) is 11.1. The monoisotopic (exact) mass is 428 g/mol. The van der Waals surface area contributed by atoms with Gasteiger partial charge < -0.3 is 32.3 Å². The van der Waals surface area contributed by atoms with Crippen molar-refractivity contribution in [2.24, 2.45) is 11.5 Å². The predicted molar refractivity (Wildman–Crippen MR) is 120 cm³/mol. The van der Waals surface area contributed by atoms with Crippen LogP contribution in [-0.4, -0.2) is 79.2 Å². The molecule has 2 saturated heterocycles. The van der Waals surface area contributed by atoms with E-state index < -0.39 is 0 Å². The van der Waals surface area contributed by atoms with Crippen molar-refractivity contribution in [3.63, 3.8) is 0 Å². The summed E-state index contributed by atoms with van der Waals surface area (Å²) in [7, 11) is 2.10. The zero-order valence-corrected chi connectivity index (χ0v) is 18.6. The Morgan fingerprint density at radius 3 is 2.86 bits per heavy atom. The highest BCUT2D eigenvalue weighted by atomic mass is 32.2. The molecule has 29 heavy (non-hydrogen) atoms. The highest BCUT2D eigenvalue weighted by Gasteiger charge is 2.42. The number of amides is 3. The van der Waals surface area contributed by atoms with Crippen molar-refractivity contribution in [1.29, 1.82) is 0 Å². The molecule has 168 valence electrons. The van der Waals surface area contributed by atoms with Crippen molar-refractivity contribution in [3.8, 4) is 0 Å². The Labute approximate surface area is 179 Å². The van der Waals surface area contributed by atoms with Crippen LogP contribution in [0.5, 0.6) is 0 Å². The van der Waals surface area contributed by atoms with E-state index in [1.54, 1.807) is 0 Å². The van der Waals surface area contributed by atoms with E-state index in [1.807, 2.05) is 11.8 Å². The summed E-state index contributed by atoms with van der Waals surface area (Å²) in [5.74, 6) is 1.13. The van der Waals surface area contributed by atoms with E-state index in [4.69, 9.17) is 11.5 Å². The summed E-state index contributed by atoms with van der Waals surface area (Å²) in [6.07, 6.45) is 7.50. The molecular weight excluding hydrogens is 388 g/mol. The molecule has 2 aliphatic heterocycles. The molecule has 0 radical (unpaired) electrons. The number of fused-ring (bicyclic) bond motifs is 1. The molecule has 2 rings (SSSR count). The van der Waals surface area contributed by atoms with Gasteiger partial charge in [-0.05, 0) is 65.2 Å². The molecule has 3 amide bonds. The highest BCUT2D eigenvalue weighted by molar-refractivity contribution is 8.00. The number of thioether (sulfide) groups is 1. The zero-order chi connectivity index (χ0) is 21.1. The van der Waals surface area contributed by atoms with Crippen LogP contribution in [0.25, 0.3) is 0 Å². The summed E-state index contributed by atoms with van der Waals surface area (Å²) >= 11 is 1.93. The van der Waals surface area contributed by atoms with E-state index in [2.05, 4.69) is 27.9 Å². The molecule has 0 bridgehead atoms. The number of nitrogens with two attached hydrogens (primary N) is 2. The SMILES string of the molecule is CN(CCCNC(=O)CCCC[C@@H]1SC[C@@H]2NC(=O)N[C@@H]21)CCC(N)CCCN. The van der Waals surface area contributed by atoms with Crippen LogP contribution in [0.3, 0.4) is 0 Å². The number of rotatable bonds is 15. The van der Waals surface area contributed by atoms with E-state index in [1.165, 1.54) is 0 Å². The fourth-order valence-corrected chi connectivity index (χ4v) is 5.51. The van der Waals surface area contributed by atoms with Crippen LogP contribution in [0.2, 0.25) is 0 Å². The van der Waals surface area contributed by atoms with Gasteiger partial charge in [-0.2, -0.15) is 11.8 Å². The lowest BCUT2D eigenvalue weighted by Crippen LogP contribution is -2.36. The van der Waals surface area contributed by atoms with E-state index in [0.29, 0.717) is 18.2 Å². The molecule has 8 nitrogen and oxygen atoms in total. The first-order chi connectivity index (χ1) is 14.0. The number of hydrogen-bond acceptors (Lipinski definition) is 6. The fourth-order valence-electron chi connectivity index (χ4n) is 3.96. The number of nitrogens with one attached hydrogen (secondary N) is 3. The molecule has 7 N–H and O–H groups in total. The van der Waals surface area contributed by atoms with E-state index in [9.17, 15) is 9.59 Å². The van der Waals surface area contributed by atoms with Gasteiger partial charge in [-0.15, -0.1) is 0 Å². The van der Waals surface area contributed by atoms with Crippen LogP contribution >= 0.6 is 11.8 Å². The molecule has 0 saturated carbocycles. The molecule has 0 aromatic rings. The molecule has 2 fully saturated rings. The second-order valence-corrected chi connectivity index (χ2v) is 9.63. The van der Waals surface area contributed by atoms with Gasteiger partial charge in [-0.3, -0.25) is 4.79 Å². The number of carbonyl (C=O) groups excluding carboxylic acids is 2. The van der Waals surface area contributed by atoms with Crippen LogP contribution in [-0.2, 0) is 4.79 Å². The quantitative estimate of drug-likeness (QED) is 0.192. The van der Waals surface area contributed by atoms with Crippen molar-refractivity contribution in [2.45, 2.75) is 74.7 Å². The van der Waals surface area contributed by atoms with Crippen LogP contribution in [0.4, 0.5) is 4.79 Å². The summed E-state index contributed by atoms with van der Waals surface area (Å²) in [5, 5.41) is 9.48. The molecule has 2 heterocycles. The molecule has 0 aromatic carbocycles. The maximum Gasteiger partial charge on any atom is 0.315 e. The van der Waals surface area contributed by atoms with E-state index in [-0.39, 0.29) is 30.1 Å². The molecule has 2 aliphatic rings. The maximum absolute atomic E-state index is 12.0. The molecule has 0 aromatic heterocycles. The first kappa shape index (κ1) is 24.2. The predicted octanol–water partition coefficient (Wildman–Crippen LogP) is 0.607. The fraction of sp³-hybridized carbons (Fsp3) is 0.900. The maximum atomic E-state index is 12.0. The van der Waals surface area contributed by atoms with Gasteiger partial charge in [0.05, 0.1) is 12.1 Å². The molecule has 0 aliphatic carbocycles. The Morgan fingerprint density at radius 1 is 1.24 bits per heavy atom. The summed E-state index contributed by atoms with van der Waals surface area (Å²) in [4.78, 5) is 25.7. The smallest absolute Gasteiger partial charge is 0.315 e.